The van der Waals surface area contributed by atoms with Gasteiger partial charge in [0.05, 0.1) is 6.04 Å². The number of aryl methyl sites for hydroxylation is 1. The molecular formula is C12H15NS2. The van der Waals surface area contributed by atoms with Crippen molar-refractivity contribution in [1.29, 1.82) is 0 Å². The van der Waals surface area contributed by atoms with E-state index in [0.29, 0.717) is 6.04 Å². The molecule has 1 atom stereocenters. The molecule has 1 unspecified atom stereocenters. The molecule has 2 heterocycles. The van der Waals surface area contributed by atoms with Crippen LogP contribution in [0.2, 0.25) is 0 Å². The van der Waals surface area contributed by atoms with E-state index < -0.39 is 0 Å². The molecular weight excluding hydrogens is 222 g/mol. The normalized spacial score (nSPS) is 13.3. The molecule has 0 aliphatic heterocycles. The van der Waals surface area contributed by atoms with Crippen LogP contribution in [0.25, 0.3) is 0 Å². The average molecular weight is 237 g/mol. The Hall–Kier alpha value is -0.640. The van der Waals surface area contributed by atoms with Gasteiger partial charge in [-0.1, -0.05) is 6.07 Å². The van der Waals surface area contributed by atoms with E-state index in [0.717, 1.165) is 0 Å². The van der Waals surface area contributed by atoms with Gasteiger partial charge >= 0.3 is 0 Å². The maximum atomic E-state index is 2.28. The molecule has 2 rings (SSSR count). The number of rotatable bonds is 3. The van der Waals surface area contributed by atoms with Crippen LogP contribution >= 0.6 is 22.7 Å². The van der Waals surface area contributed by atoms with E-state index in [9.17, 15) is 0 Å². The summed E-state index contributed by atoms with van der Waals surface area (Å²) in [5.74, 6) is 0. The van der Waals surface area contributed by atoms with Crippen LogP contribution in [0.1, 0.15) is 21.4 Å². The minimum atomic E-state index is 0.413. The van der Waals surface area contributed by atoms with Crippen molar-refractivity contribution in [3.63, 3.8) is 0 Å². The first-order valence-electron chi connectivity index (χ1n) is 4.94. The van der Waals surface area contributed by atoms with Gasteiger partial charge < -0.3 is 0 Å². The molecule has 1 nitrogen and oxygen atoms in total. The Morgan fingerprint density at radius 1 is 1.13 bits per heavy atom. The Bertz CT molecular complexity index is 415. The minimum absolute atomic E-state index is 0.413. The average Bonchev–Trinajstić information content (AvgIpc) is 2.79. The standard InChI is InChI=1S/C12H15NS2/c1-9-10(6-8-14-9)12(13(2)3)11-5-4-7-15-11/h4-8,12H,1-3H3. The summed E-state index contributed by atoms with van der Waals surface area (Å²) in [4.78, 5) is 5.12. The summed E-state index contributed by atoms with van der Waals surface area (Å²) in [6.07, 6.45) is 0. The predicted molar refractivity (Wildman–Crippen MR) is 68.9 cm³/mol. The Morgan fingerprint density at radius 3 is 2.40 bits per heavy atom. The van der Waals surface area contributed by atoms with Crippen LogP contribution in [-0.4, -0.2) is 19.0 Å². The summed E-state index contributed by atoms with van der Waals surface area (Å²) >= 11 is 3.65. The summed E-state index contributed by atoms with van der Waals surface area (Å²) in [6.45, 7) is 2.20. The lowest BCUT2D eigenvalue weighted by atomic mass is 10.1. The highest BCUT2D eigenvalue weighted by Crippen LogP contribution is 2.33. The highest BCUT2D eigenvalue weighted by molar-refractivity contribution is 7.10. The van der Waals surface area contributed by atoms with Crippen molar-refractivity contribution < 1.29 is 0 Å². The van der Waals surface area contributed by atoms with Crippen molar-refractivity contribution in [1.82, 2.24) is 4.90 Å². The maximum Gasteiger partial charge on any atom is 0.0701 e. The topological polar surface area (TPSA) is 3.24 Å². The lowest BCUT2D eigenvalue weighted by Gasteiger charge is -2.23. The molecule has 0 aliphatic rings. The van der Waals surface area contributed by atoms with Crippen molar-refractivity contribution in [2.24, 2.45) is 0 Å². The number of nitrogens with zero attached hydrogens (tertiary/aromatic N) is 1. The van der Waals surface area contributed by atoms with Gasteiger partial charge in [-0.05, 0) is 49.5 Å². The van der Waals surface area contributed by atoms with Gasteiger partial charge in [0, 0.05) is 9.75 Å². The molecule has 0 saturated heterocycles. The second-order valence-corrected chi connectivity index (χ2v) is 5.91. The van der Waals surface area contributed by atoms with Crippen molar-refractivity contribution in [2.75, 3.05) is 14.1 Å². The molecule has 0 N–H and O–H groups in total. The zero-order chi connectivity index (χ0) is 10.8. The van der Waals surface area contributed by atoms with Gasteiger partial charge in [0.15, 0.2) is 0 Å². The summed E-state index contributed by atoms with van der Waals surface area (Å²) in [6, 6.07) is 6.99. The molecule has 0 bridgehead atoms. The molecule has 0 aliphatic carbocycles. The molecule has 0 fully saturated rings. The minimum Gasteiger partial charge on any atom is -0.298 e. The van der Waals surface area contributed by atoms with Crippen molar-refractivity contribution in [3.8, 4) is 0 Å². The maximum absolute atomic E-state index is 2.28. The highest BCUT2D eigenvalue weighted by Gasteiger charge is 2.19. The van der Waals surface area contributed by atoms with Crippen LogP contribution in [0.3, 0.4) is 0 Å². The zero-order valence-electron chi connectivity index (χ0n) is 9.23. The number of thiophene rings is 2. The molecule has 3 heteroatoms. The van der Waals surface area contributed by atoms with E-state index in [-0.39, 0.29) is 0 Å². The first kappa shape index (κ1) is 10.9. The van der Waals surface area contributed by atoms with Gasteiger partial charge in [-0.3, -0.25) is 4.90 Å². The molecule has 2 aromatic rings. The fourth-order valence-corrected chi connectivity index (χ4v) is 3.48. The Balaban J connectivity index is 2.41. The van der Waals surface area contributed by atoms with E-state index in [2.05, 4.69) is 54.9 Å². The third-order valence-corrected chi connectivity index (χ3v) is 4.31. The Kier molecular flexibility index (Phi) is 3.24. The van der Waals surface area contributed by atoms with Crippen molar-refractivity contribution in [3.05, 3.63) is 44.3 Å². The van der Waals surface area contributed by atoms with Gasteiger partial charge in [-0.15, -0.1) is 22.7 Å². The van der Waals surface area contributed by atoms with Gasteiger partial charge in [0.1, 0.15) is 0 Å². The smallest absolute Gasteiger partial charge is 0.0701 e. The molecule has 15 heavy (non-hydrogen) atoms. The van der Waals surface area contributed by atoms with Crippen LogP contribution in [0.5, 0.6) is 0 Å². The fourth-order valence-electron chi connectivity index (χ4n) is 1.81. The molecule has 0 aromatic carbocycles. The van der Waals surface area contributed by atoms with Gasteiger partial charge in [-0.25, -0.2) is 0 Å². The molecule has 0 saturated carbocycles. The number of hydrogen-bond acceptors (Lipinski definition) is 3. The van der Waals surface area contributed by atoms with Crippen LogP contribution in [0, 0.1) is 6.92 Å². The summed E-state index contributed by atoms with van der Waals surface area (Å²) < 4.78 is 0. The summed E-state index contributed by atoms with van der Waals surface area (Å²) in [5.41, 5.74) is 1.44. The molecule has 0 amide bonds. The first-order chi connectivity index (χ1) is 7.20. The molecule has 0 radical (unpaired) electrons. The van der Waals surface area contributed by atoms with Gasteiger partial charge in [-0.2, -0.15) is 0 Å². The van der Waals surface area contributed by atoms with Crippen molar-refractivity contribution in [2.45, 2.75) is 13.0 Å². The second-order valence-electron chi connectivity index (χ2n) is 3.81. The third kappa shape index (κ3) is 2.14. The quantitative estimate of drug-likeness (QED) is 0.785. The Morgan fingerprint density at radius 2 is 1.93 bits per heavy atom. The SMILES string of the molecule is Cc1sccc1C(c1cccs1)N(C)C. The second kappa shape index (κ2) is 4.47. The number of hydrogen-bond donors (Lipinski definition) is 0. The van der Waals surface area contributed by atoms with E-state index >= 15 is 0 Å². The van der Waals surface area contributed by atoms with E-state index in [1.807, 2.05) is 22.7 Å². The first-order valence-corrected chi connectivity index (χ1v) is 6.70. The van der Waals surface area contributed by atoms with Crippen LogP contribution in [0.4, 0.5) is 0 Å². The highest BCUT2D eigenvalue weighted by atomic mass is 32.1. The van der Waals surface area contributed by atoms with Crippen LogP contribution < -0.4 is 0 Å². The van der Waals surface area contributed by atoms with Crippen LogP contribution in [-0.2, 0) is 0 Å². The third-order valence-electron chi connectivity index (χ3n) is 2.52. The molecule has 2 aromatic heterocycles. The molecule has 80 valence electrons. The fraction of sp³-hybridized carbons (Fsp3) is 0.333. The van der Waals surface area contributed by atoms with Gasteiger partial charge in [0.2, 0.25) is 0 Å². The van der Waals surface area contributed by atoms with Crippen molar-refractivity contribution >= 4 is 22.7 Å². The molecule has 0 spiro atoms. The van der Waals surface area contributed by atoms with E-state index in [1.165, 1.54) is 15.3 Å². The zero-order valence-corrected chi connectivity index (χ0v) is 10.9. The largest absolute Gasteiger partial charge is 0.298 e. The lowest BCUT2D eigenvalue weighted by Crippen LogP contribution is -2.20. The van der Waals surface area contributed by atoms with Gasteiger partial charge in [0.25, 0.3) is 0 Å². The predicted octanol–water partition coefficient (Wildman–Crippen LogP) is 3.77. The van der Waals surface area contributed by atoms with Crippen LogP contribution in [0.15, 0.2) is 29.0 Å². The Labute approximate surface area is 99.0 Å². The summed E-state index contributed by atoms with van der Waals surface area (Å²) in [7, 11) is 4.28. The summed E-state index contributed by atoms with van der Waals surface area (Å²) in [5, 5.41) is 4.32. The lowest BCUT2D eigenvalue weighted by molar-refractivity contribution is 0.346. The monoisotopic (exact) mass is 237 g/mol. The van der Waals surface area contributed by atoms with E-state index in [1.54, 1.807) is 0 Å². The van der Waals surface area contributed by atoms with E-state index in [4.69, 9.17) is 0 Å².